The number of hydrogen-bond donors (Lipinski definition) is 1. The van der Waals surface area contributed by atoms with Gasteiger partial charge in [0.05, 0.1) is 6.61 Å². The van der Waals surface area contributed by atoms with Crippen LogP contribution in [0.5, 0.6) is 0 Å². The Morgan fingerprint density at radius 3 is 2.53 bits per heavy atom. The molecular weight excluding hydrogens is 241 g/mol. The average Bonchev–Trinajstić information content (AvgIpc) is 2.42. The molecule has 0 saturated carbocycles. The molecule has 0 fully saturated rings. The maximum absolute atomic E-state index is 13.4. The van der Waals surface area contributed by atoms with E-state index in [1.54, 1.807) is 20.1 Å². The molecule has 0 spiro atoms. The van der Waals surface area contributed by atoms with Crippen LogP contribution in [0.2, 0.25) is 0 Å². The third-order valence-corrected chi connectivity index (χ3v) is 3.07. The number of halogens is 1. The Balaban J connectivity index is 2.07. The minimum absolute atomic E-state index is 0.185. The van der Waals surface area contributed by atoms with Gasteiger partial charge in [-0.25, -0.2) is 4.39 Å². The molecule has 2 aromatic rings. The van der Waals surface area contributed by atoms with Gasteiger partial charge in [-0.1, -0.05) is 30.3 Å². The van der Waals surface area contributed by atoms with Gasteiger partial charge in [-0.05, 0) is 35.7 Å². The summed E-state index contributed by atoms with van der Waals surface area (Å²) in [6, 6.07) is 13.3. The molecule has 19 heavy (non-hydrogen) atoms. The van der Waals surface area contributed by atoms with E-state index in [4.69, 9.17) is 4.74 Å². The molecule has 0 aliphatic heterocycles. The first-order valence-electron chi connectivity index (χ1n) is 6.26. The minimum atomic E-state index is -0.185. The van der Waals surface area contributed by atoms with Crippen LogP contribution in [-0.4, -0.2) is 7.11 Å². The molecule has 2 aromatic carbocycles. The van der Waals surface area contributed by atoms with Gasteiger partial charge in [0.1, 0.15) is 5.82 Å². The number of rotatable bonds is 5. The molecule has 3 heteroatoms. The summed E-state index contributed by atoms with van der Waals surface area (Å²) in [6.07, 6.45) is 0. The molecule has 0 saturated heterocycles. The Bertz CT molecular complexity index is 554. The lowest BCUT2D eigenvalue weighted by Gasteiger charge is -2.11. The van der Waals surface area contributed by atoms with Crippen LogP contribution in [-0.2, 0) is 17.9 Å². The third kappa shape index (κ3) is 3.55. The van der Waals surface area contributed by atoms with Crippen molar-refractivity contribution in [3.8, 4) is 0 Å². The molecule has 0 heterocycles. The predicted octanol–water partition coefficient (Wildman–Crippen LogP) is 3.89. The number of anilines is 1. The highest BCUT2D eigenvalue weighted by Gasteiger charge is 2.03. The van der Waals surface area contributed by atoms with E-state index in [0.29, 0.717) is 18.7 Å². The highest BCUT2D eigenvalue weighted by atomic mass is 19.1. The van der Waals surface area contributed by atoms with Gasteiger partial charge in [0.15, 0.2) is 0 Å². The van der Waals surface area contributed by atoms with E-state index in [1.807, 2.05) is 30.3 Å². The van der Waals surface area contributed by atoms with Gasteiger partial charge < -0.3 is 10.1 Å². The zero-order valence-corrected chi connectivity index (χ0v) is 11.2. The lowest BCUT2D eigenvalue weighted by atomic mass is 10.1. The molecule has 100 valence electrons. The lowest BCUT2D eigenvalue weighted by molar-refractivity contribution is 0.184. The average molecular weight is 259 g/mol. The first-order valence-corrected chi connectivity index (χ1v) is 6.26. The van der Waals surface area contributed by atoms with Crippen molar-refractivity contribution in [3.05, 3.63) is 65.0 Å². The van der Waals surface area contributed by atoms with Gasteiger partial charge in [-0.15, -0.1) is 0 Å². The van der Waals surface area contributed by atoms with Crippen molar-refractivity contribution in [1.29, 1.82) is 0 Å². The van der Waals surface area contributed by atoms with Crippen LogP contribution in [0.1, 0.15) is 16.7 Å². The molecule has 1 N–H and O–H groups in total. The van der Waals surface area contributed by atoms with Crippen molar-refractivity contribution in [3.63, 3.8) is 0 Å². The maximum Gasteiger partial charge on any atom is 0.128 e. The Labute approximate surface area is 113 Å². The van der Waals surface area contributed by atoms with Crippen LogP contribution in [0.25, 0.3) is 0 Å². The molecule has 0 aliphatic carbocycles. The van der Waals surface area contributed by atoms with Crippen LogP contribution >= 0.6 is 0 Å². The Hall–Kier alpha value is -1.87. The molecule has 0 bridgehead atoms. The molecular formula is C16H18FNO. The molecule has 2 rings (SSSR count). The second-order valence-electron chi connectivity index (χ2n) is 4.52. The maximum atomic E-state index is 13.4. The highest BCUT2D eigenvalue weighted by molar-refractivity contribution is 5.46. The summed E-state index contributed by atoms with van der Waals surface area (Å²) in [7, 11) is 1.68. The van der Waals surface area contributed by atoms with Gasteiger partial charge in [-0.2, -0.15) is 0 Å². The number of benzene rings is 2. The number of hydrogen-bond acceptors (Lipinski definition) is 2. The van der Waals surface area contributed by atoms with Crippen LogP contribution < -0.4 is 5.32 Å². The van der Waals surface area contributed by atoms with Crippen molar-refractivity contribution in [2.45, 2.75) is 20.1 Å². The lowest BCUT2D eigenvalue weighted by Crippen LogP contribution is -2.04. The number of aryl methyl sites for hydroxylation is 1. The van der Waals surface area contributed by atoms with Gasteiger partial charge in [0.25, 0.3) is 0 Å². The zero-order valence-electron chi connectivity index (χ0n) is 11.2. The van der Waals surface area contributed by atoms with E-state index >= 15 is 0 Å². The van der Waals surface area contributed by atoms with Crippen molar-refractivity contribution >= 4 is 5.69 Å². The predicted molar refractivity (Wildman–Crippen MR) is 75.6 cm³/mol. The number of ether oxygens (including phenoxy) is 1. The van der Waals surface area contributed by atoms with Gasteiger partial charge in [0, 0.05) is 19.3 Å². The summed E-state index contributed by atoms with van der Waals surface area (Å²) in [5.74, 6) is -0.185. The number of methoxy groups -OCH3 is 1. The quantitative estimate of drug-likeness (QED) is 0.879. The topological polar surface area (TPSA) is 21.3 Å². The smallest absolute Gasteiger partial charge is 0.128 e. The van der Waals surface area contributed by atoms with Crippen molar-refractivity contribution in [2.75, 3.05) is 12.4 Å². The normalized spacial score (nSPS) is 10.5. The Morgan fingerprint density at radius 2 is 1.84 bits per heavy atom. The van der Waals surface area contributed by atoms with Gasteiger partial charge in [-0.3, -0.25) is 0 Å². The molecule has 0 unspecified atom stereocenters. The zero-order chi connectivity index (χ0) is 13.7. The SMILES string of the molecule is COCc1ccccc1CNc1ccc(C)c(F)c1. The summed E-state index contributed by atoms with van der Waals surface area (Å²) >= 11 is 0. The molecule has 0 radical (unpaired) electrons. The van der Waals surface area contributed by atoms with Crippen molar-refractivity contribution < 1.29 is 9.13 Å². The summed E-state index contributed by atoms with van der Waals surface area (Å²) in [6.45, 7) is 3.00. The van der Waals surface area contributed by atoms with E-state index in [-0.39, 0.29) is 5.82 Å². The second-order valence-corrected chi connectivity index (χ2v) is 4.52. The molecule has 0 atom stereocenters. The van der Waals surface area contributed by atoms with Crippen LogP contribution in [0.4, 0.5) is 10.1 Å². The fourth-order valence-electron chi connectivity index (χ4n) is 1.93. The molecule has 0 aliphatic rings. The van der Waals surface area contributed by atoms with E-state index < -0.39 is 0 Å². The van der Waals surface area contributed by atoms with Crippen LogP contribution in [0.15, 0.2) is 42.5 Å². The first-order chi connectivity index (χ1) is 9.20. The summed E-state index contributed by atoms with van der Waals surface area (Å²) in [4.78, 5) is 0. The van der Waals surface area contributed by atoms with Crippen molar-refractivity contribution in [2.24, 2.45) is 0 Å². The van der Waals surface area contributed by atoms with E-state index in [2.05, 4.69) is 5.32 Å². The monoisotopic (exact) mass is 259 g/mol. The first kappa shape index (κ1) is 13.6. The van der Waals surface area contributed by atoms with Gasteiger partial charge >= 0.3 is 0 Å². The van der Waals surface area contributed by atoms with E-state index in [1.165, 1.54) is 6.07 Å². The van der Waals surface area contributed by atoms with Gasteiger partial charge in [0.2, 0.25) is 0 Å². The fraction of sp³-hybridized carbons (Fsp3) is 0.250. The number of nitrogens with one attached hydrogen (secondary N) is 1. The Kier molecular flexibility index (Phi) is 4.53. The molecule has 2 nitrogen and oxygen atoms in total. The minimum Gasteiger partial charge on any atom is -0.381 e. The standard InChI is InChI=1S/C16H18FNO/c1-12-7-8-15(9-16(12)17)18-10-13-5-3-4-6-14(13)11-19-2/h3-9,18H,10-11H2,1-2H3. The van der Waals surface area contributed by atoms with Crippen LogP contribution in [0, 0.1) is 12.7 Å². The largest absolute Gasteiger partial charge is 0.381 e. The Morgan fingerprint density at radius 1 is 1.11 bits per heavy atom. The highest BCUT2D eigenvalue weighted by Crippen LogP contribution is 2.16. The fourth-order valence-corrected chi connectivity index (χ4v) is 1.93. The van der Waals surface area contributed by atoms with Crippen molar-refractivity contribution in [1.82, 2.24) is 0 Å². The summed E-state index contributed by atoms with van der Waals surface area (Å²) in [5.41, 5.74) is 3.75. The van der Waals surface area contributed by atoms with Crippen LogP contribution in [0.3, 0.4) is 0 Å². The second kappa shape index (κ2) is 6.34. The van der Waals surface area contributed by atoms with E-state index in [0.717, 1.165) is 16.8 Å². The van der Waals surface area contributed by atoms with E-state index in [9.17, 15) is 4.39 Å². The summed E-state index contributed by atoms with van der Waals surface area (Å²) < 4.78 is 18.6. The summed E-state index contributed by atoms with van der Waals surface area (Å²) in [5, 5.41) is 3.23. The molecule has 0 amide bonds. The third-order valence-electron chi connectivity index (χ3n) is 3.07. The molecule has 0 aromatic heterocycles.